The average Bonchev–Trinajstić information content (AvgIpc) is 2.38. The molecule has 1 amide bonds. The van der Waals surface area contributed by atoms with Gasteiger partial charge in [0.15, 0.2) is 0 Å². The zero-order chi connectivity index (χ0) is 14.5. The van der Waals surface area contributed by atoms with Gasteiger partial charge in [0.1, 0.15) is 5.82 Å². The number of aromatic nitrogens is 1. The minimum absolute atomic E-state index is 0.0652. The van der Waals surface area contributed by atoms with Crippen LogP contribution in [0.4, 0.5) is 5.82 Å². The van der Waals surface area contributed by atoms with Crippen LogP contribution in [0, 0.1) is 6.92 Å². The number of hydrogen-bond acceptors (Lipinski definition) is 5. The fourth-order valence-electron chi connectivity index (χ4n) is 2.42. The summed E-state index contributed by atoms with van der Waals surface area (Å²) in [6.45, 7) is 5.21. The number of primary amides is 1. The van der Waals surface area contributed by atoms with E-state index in [1.807, 2.05) is 37.1 Å². The Morgan fingerprint density at radius 3 is 3.10 bits per heavy atom. The molecule has 1 aromatic heterocycles. The van der Waals surface area contributed by atoms with E-state index in [1.54, 1.807) is 0 Å². The molecule has 1 aliphatic rings. The summed E-state index contributed by atoms with van der Waals surface area (Å²) in [5.74, 6) is 0.663. The molecule has 0 bridgehead atoms. The van der Waals surface area contributed by atoms with Crippen LogP contribution < -0.4 is 10.6 Å². The van der Waals surface area contributed by atoms with Crippen LogP contribution >= 0.6 is 0 Å². The number of pyridine rings is 1. The van der Waals surface area contributed by atoms with E-state index in [4.69, 9.17) is 10.5 Å². The fraction of sp³-hybridized carbons (Fsp3) is 0.571. The summed E-state index contributed by atoms with van der Waals surface area (Å²) in [6.07, 6.45) is 0.0652. The highest BCUT2D eigenvalue weighted by Crippen LogP contribution is 2.16. The first-order valence-electron chi connectivity index (χ1n) is 6.81. The molecule has 1 aromatic rings. The smallest absolute Gasteiger partial charge is 0.231 e. The molecule has 0 saturated carbocycles. The Morgan fingerprint density at radius 1 is 1.60 bits per heavy atom. The van der Waals surface area contributed by atoms with Gasteiger partial charge in [-0.05, 0) is 26.1 Å². The van der Waals surface area contributed by atoms with Crippen LogP contribution in [0.15, 0.2) is 18.2 Å². The molecule has 6 heteroatoms. The lowest BCUT2D eigenvalue weighted by Gasteiger charge is -2.35. The van der Waals surface area contributed by atoms with Crippen molar-refractivity contribution in [3.63, 3.8) is 0 Å². The fourth-order valence-corrected chi connectivity index (χ4v) is 2.42. The second kappa shape index (κ2) is 6.67. The minimum atomic E-state index is -0.319. The number of hydrogen-bond donors (Lipinski definition) is 1. The Balaban J connectivity index is 1.93. The predicted octanol–water partition coefficient (Wildman–Crippen LogP) is 0.0123. The largest absolute Gasteiger partial charge is 0.373 e. The quantitative estimate of drug-likeness (QED) is 0.821. The van der Waals surface area contributed by atoms with Crippen molar-refractivity contribution in [1.82, 2.24) is 9.88 Å². The maximum atomic E-state index is 10.9. The number of carbonyl (C=O) groups is 1. The highest BCUT2D eigenvalue weighted by Gasteiger charge is 2.23. The average molecular weight is 278 g/mol. The van der Waals surface area contributed by atoms with Crippen molar-refractivity contribution in [2.24, 2.45) is 5.73 Å². The monoisotopic (exact) mass is 278 g/mol. The Bertz CT molecular complexity index is 466. The molecule has 1 saturated heterocycles. The second-order valence-electron chi connectivity index (χ2n) is 5.24. The third-order valence-corrected chi connectivity index (χ3v) is 3.28. The van der Waals surface area contributed by atoms with Gasteiger partial charge in [0.05, 0.1) is 19.3 Å². The van der Waals surface area contributed by atoms with Crippen molar-refractivity contribution in [1.29, 1.82) is 0 Å². The third-order valence-electron chi connectivity index (χ3n) is 3.28. The van der Waals surface area contributed by atoms with Gasteiger partial charge in [-0.2, -0.15) is 0 Å². The molecule has 20 heavy (non-hydrogen) atoms. The van der Waals surface area contributed by atoms with Crippen LogP contribution in [-0.2, 0) is 9.53 Å². The number of amides is 1. The molecule has 0 radical (unpaired) electrons. The first kappa shape index (κ1) is 14.7. The van der Waals surface area contributed by atoms with Crippen LogP contribution in [0.25, 0.3) is 0 Å². The van der Waals surface area contributed by atoms with Gasteiger partial charge >= 0.3 is 0 Å². The van der Waals surface area contributed by atoms with Crippen LogP contribution in [0.1, 0.15) is 5.69 Å². The maximum absolute atomic E-state index is 10.9. The summed E-state index contributed by atoms with van der Waals surface area (Å²) in [5, 5.41) is 0. The normalized spacial score (nSPS) is 19.4. The summed E-state index contributed by atoms with van der Waals surface area (Å²) in [7, 11) is 1.87. The highest BCUT2D eigenvalue weighted by atomic mass is 16.5. The first-order chi connectivity index (χ1) is 9.54. The number of nitrogens with zero attached hydrogens (tertiary/aromatic N) is 3. The van der Waals surface area contributed by atoms with Gasteiger partial charge in [-0.25, -0.2) is 4.98 Å². The number of morpholine rings is 1. The SMILES string of the molecule is Cc1cccc(N2CCO[C@@H](CN(C)CC(N)=O)C2)n1. The van der Waals surface area contributed by atoms with E-state index >= 15 is 0 Å². The Morgan fingerprint density at radius 2 is 2.40 bits per heavy atom. The predicted molar refractivity (Wildman–Crippen MR) is 77.6 cm³/mol. The molecule has 1 fully saturated rings. The van der Waals surface area contributed by atoms with Gasteiger partial charge in [-0.3, -0.25) is 9.69 Å². The Labute approximate surface area is 119 Å². The number of carbonyl (C=O) groups excluding carboxylic acids is 1. The summed E-state index contributed by atoms with van der Waals surface area (Å²) < 4.78 is 5.75. The van der Waals surface area contributed by atoms with Crippen LogP contribution in [0.2, 0.25) is 0 Å². The second-order valence-corrected chi connectivity index (χ2v) is 5.24. The summed E-state index contributed by atoms with van der Waals surface area (Å²) >= 11 is 0. The number of likely N-dealkylation sites (N-methyl/N-ethyl adjacent to an activating group) is 1. The van der Waals surface area contributed by atoms with E-state index in [0.29, 0.717) is 13.2 Å². The van der Waals surface area contributed by atoms with E-state index in [0.717, 1.165) is 24.6 Å². The number of anilines is 1. The van der Waals surface area contributed by atoms with E-state index < -0.39 is 0 Å². The standard InChI is InChI=1S/C14H22N4O2/c1-11-4-3-5-14(16-11)18-6-7-20-12(9-18)8-17(2)10-13(15)19/h3-5,12H,6-10H2,1-2H3,(H2,15,19)/t12-/m0/s1. The zero-order valence-corrected chi connectivity index (χ0v) is 12.1. The van der Waals surface area contributed by atoms with Gasteiger partial charge in [0, 0.05) is 25.3 Å². The molecule has 0 aliphatic carbocycles. The lowest BCUT2D eigenvalue weighted by Crippen LogP contribution is -2.48. The molecule has 110 valence electrons. The lowest BCUT2D eigenvalue weighted by molar-refractivity contribution is -0.119. The van der Waals surface area contributed by atoms with E-state index in [1.165, 1.54) is 0 Å². The maximum Gasteiger partial charge on any atom is 0.231 e. The van der Waals surface area contributed by atoms with Crippen molar-refractivity contribution in [3.05, 3.63) is 23.9 Å². The topological polar surface area (TPSA) is 71.7 Å². The van der Waals surface area contributed by atoms with Crippen molar-refractivity contribution >= 4 is 11.7 Å². The summed E-state index contributed by atoms with van der Waals surface area (Å²) in [6, 6.07) is 6.02. The van der Waals surface area contributed by atoms with Gasteiger partial charge in [0.2, 0.25) is 5.91 Å². The summed E-state index contributed by atoms with van der Waals surface area (Å²) in [4.78, 5) is 19.5. The highest BCUT2D eigenvalue weighted by molar-refractivity contribution is 5.75. The van der Waals surface area contributed by atoms with Crippen LogP contribution in [0.3, 0.4) is 0 Å². The Kier molecular flexibility index (Phi) is 4.92. The van der Waals surface area contributed by atoms with Gasteiger partial charge in [-0.15, -0.1) is 0 Å². The molecule has 6 nitrogen and oxygen atoms in total. The number of nitrogens with two attached hydrogens (primary N) is 1. The number of aryl methyl sites for hydroxylation is 1. The molecule has 0 aromatic carbocycles. The van der Waals surface area contributed by atoms with Crippen molar-refractivity contribution < 1.29 is 9.53 Å². The van der Waals surface area contributed by atoms with Gasteiger partial charge in [0.25, 0.3) is 0 Å². The molecule has 2 rings (SSSR count). The lowest BCUT2D eigenvalue weighted by atomic mass is 10.2. The van der Waals surface area contributed by atoms with Crippen LogP contribution in [-0.4, -0.2) is 61.7 Å². The molecular formula is C14H22N4O2. The third kappa shape index (κ3) is 4.18. The molecule has 0 unspecified atom stereocenters. The minimum Gasteiger partial charge on any atom is -0.373 e. The van der Waals surface area contributed by atoms with Crippen molar-refractivity contribution in [2.45, 2.75) is 13.0 Å². The first-order valence-corrected chi connectivity index (χ1v) is 6.81. The molecule has 0 spiro atoms. The van der Waals surface area contributed by atoms with E-state index in [2.05, 4.69) is 9.88 Å². The van der Waals surface area contributed by atoms with Crippen molar-refractivity contribution in [3.8, 4) is 0 Å². The van der Waals surface area contributed by atoms with Crippen molar-refractivity contribution in [2.75, 3.05) is 44.7 Å². The molecular weight excluding hydrogens is 256 g/mol. The number of ether oxygens (including phenoxy) is 1. The molecule has 1 aliphatic heterocycles. The van der Waals surface area contributed by atoms with Crippen LogP contribution in [0.5, 0.6) is 0 Å². The number of rotatable bonds is 5. The van der Waals surface area contributed by atoms with E-state index in [9.17, 15) is 4.79 Å². The Hall–Kier alpha value is -1.66. The molecule has 1 atom stereocenters. The molecule has 2 heterocycles. The van der Waals surface area contributed by atoms with E-state index in [-0.39, 0.29) is 18.6 Å². The van der Waals surface area contributed by atoms with Gasteiger partial charge < -0.3 is 15.4 Å². The molecule has 2 N–H and O–H groups in total. The summed E-state index contributed by atoms with van der Waals surface area (Å²) in [5.41, 5.74) is 6.20. The van der Waals surface area contributed by atoms with Gasteiger partial charge in [-0.1, -0.05) is 6.07 Å². The zero-order valence-electron chi connectivity index (χ0n) is 12.1.